The SMILES string of the molecule is Cc1c(-c2ccccn2)nc(-c2ccccn2)c2c1COC2. The second-order valence-electron chi connectivity index (χ2n) is 5.31. The van der Waals surface area contributed by atoms with Crippen LogP contribution in [0.15, 0.2) is 48.8 Å². The van der Waals surface area contributed by atoms with Gasteiger partial charge in [-0.1, -0.05) is 12.1 Å². The van der Waals surface area contributed by atoms with Gasteiger partial charge in [0.2, 0.25) is 0 Å². The summed E-state index contributed by atoms with van der Waals surface area (Å²) in [5, 5.41) is 0. The van der Waals surface area contributed by atoms with Crippen LogP contribution in [0.25, 0.3) is 22.8 Å². The average molecular weight is 289 g/mol. The molecule has 3 aromatic heterocycles. The van der Waals surface area contributed by atoms with Gasteiger partial charge in [-0.05, 0) is 42.3 Å². The van der Waals surface area contributed by atoms with E-state index >= 15 is 0 Å². The van der Waals surface area contributed by atoms with Gasteiger partial charge in [0.05, 0.1) is 36.0 Å². The van der Waals surface area contributed by atoms with Crippen molar-refractivity contribution in [3.05, 3.63) is 65.5 Å². The zero-order chi connectivity index (χ0) is 14.9. The van der Waals surface area contributed by atoms with Crippen LogP contribution in [-0.4, -0.2) is 15.0 Å². The molecular weight excluding hydrogens is 274 g/mol. The zero-order valence-electron chi connectivity index (χ0n) is 12.3. The Morgan fingerprint density at radius 3 is 2.09 bits per heavy atom. The quantitative estimate of drug-likeness (QED) is 0.724. The topological polar surface area (TPSA) is 47.9 Å². The molecule has 0 spiro atoms. The van der Waals surface area contributed by atoms with Gasteiger partial charge in [-0.15, -0.1) is 0 Å². The fourth-order valence-electron chi connectivity index (χ4n) is 2.85. The lowest BCUT2D eigenvalue weighted by Gasteiger charge is -2.13. The highest BCUT2D eigenvalue weighted by molar-refractivity contribution is 5.70. The third kappa shape index (κ3) is 2.09. The second-order valence-corrected chi connectivity index (χ2v) is 5.31. The fraction of sp³-hybridized carbons (Fsp3) is 0.167. The van der Waals surface area contributed by atoms with Crippen molar-refractivity contribution in [2.75, 3.05) is 0 Å². The van der Waals surface area contributed by atoms with Crippen LogP contribution >= 0.6 is 0 Å². The Hall–Kier alpha value is -2.59. The molecule has 4 nitrogen and oxygen atoms in total. The third-order valence-corrected chi connectivity index (χ3v) is 3.99. The first-order valence-corrected chi connectivity index (χ1v) is 7.27. The second kappa shape index (κ2) is 5.31. The smallest absolute Gasteiger partial charge is 0.0953 e. The molecule has 0 aromatic carbocycles. The van der Waals surface area contributed by atoms with Crippen molar-refractivity contribution in [3.8, 4) is 22.8 Å². The first-order chi connectivity index (χ1) is 10.8. The van der Waals surface area contributed by atoms with Crippen LogP contribution in [0.1, 0.15) is 16.7 Å². The molecule has 0 unspecified atom stereocenters. The maximum Gasteiger partial charge on any atom is 0.0953 e. The van der Waals surface area contributed by atoms with Crippen molar-refractivity contribution in [2.45, 2.75) is 20.1 Å². The highest BCUT2D eigenvalue weighted by Crippen LogP contribution is 2.35. The van der Waals surface area contributed by atoms with Crippen LogP contribution in [0, 0.1) is 6.92 Å². The van der Waals surface area contributed by atoms with Gasteiger partial charge in [-0.3, -0.25) is 9.97 Å². The van der Waals surface area contributed by atoms with E-state index in [9.17, 15) is 0 Å². The highest BCUT2D eigenvalue weighted by Gasteiger charge is 2.24. The molecule has 0 N–H and O–H groups in total. The standard InChI is InChI=1S/C18H15N3O/c1-12-13-10-22-11-14(13)18(16-7-3-5-9-20-16)21-17(12)15-6-2-4-8-19-15/h2-9H,10-11H2,1H3. The number of nitrogens with zero attached hydrogens (tertiary/aromatic N) is 3. The first kappa shape index (κ1) is 13.1. The van der Waals surface area contributed by atoms with E-state index in [1.165, 1.54) is 5.56 Å². The summed E-state index contributed by atoms with van der Waals surface area (Å²) in [6.07, 6.45) is 3.58. The highest BCUT2D eigenvalue weighted by atomic mass is 16.5. The minimum atomic E-state index is 0.595. The lowest BCUT2D eigenvalue weighted by atomic mass is 9.98. The van der Waals surface area contributed by atoms with E-state index in [1.54, 1.807) is 12.4 Å². The number of hydrogen-bond acceptors (Lipinski definition) is 4. The van der Waals surface area contributed by atoms with E-state index in [1.807, 2.05) is 36.4 Å². The third-order valence-electron chi connectivity index (χ3n) is 3.99. The molecule has 4 heterocycles. The molecule has 4 rings (SSSR count). The number of hydrogen-bond donors (Lipinski definition) is 0. The Morgan fingerprint density at radius 2 is 1.45 bits per heavy atom. The largest absolute Gasteiger partial charge is 0.372 e. The molecule has 0 fully saturated rings. The summed E-state index contributed by atoms with van der Waals surface area (Å²) in [6, 6.07) is 11.8. The molecule has 3 aromatic rings. The van der Waals surface area contributed by atoms with Crippen LogP contribution in [0.5, 0.6) is 0 Å². The number of rotatable bonds is 2. The van der Waals surface area contributed by atoms with Crippen molar-refractivity contribution < 1.29 is 4.74 Å². The molecule has 0 amide bonds. The Bertz CT molecular complexity index is 817. The Kier molecular flexibility index (Phi) is 3.16. The van der Waals surface area contributed by atoms with E-state index < -0.39 is 0 Å². The van der Waals surface area contributed by atoms with Crippen LogP contribution in [0.4, 0.5) is 0 Å². The molecule has 0 radical (unpaired) electrons. The molecule has 0 aliphatic carbocycles. The number of aromatic nitrogens is 3. The van der Waals surface area contributed by atoms with Gasteiger partial charge in [-0.2, -0.15) is 0 Å². The summed E-state index contributed by atoms with van der Waals surface area (Å²) in [7, 11) is 0. The van der Waals surface area contributed by atoms with E-state index in [4.69, 9.17) is 9.72 Å². The normalized spacial score (nSPS) is 13.1. The van der Waals surface area contributed by atoms with Crippen molar-refractivity contribution >= 4 is 0 Å². The zero-order valence-corrected chi connectivity index (χ0v) is 12.3. The summed E-state index contributed by atoms with van der Waals surface area (Å²) >= 11 is 0. The van der Waals surface area contributed by atoms with Gasteiger partial charge in [-0.25, -0.2) is 4.98 Å². The van der Waals surface area contributed by atoms with Crippen LogP contribution in [0.3, 0.4) is 0 Å². The van der Waals surface area contributed by atoms with E-state index in [-0.39, 0.29) is 0 Å². The van der Waals surface area contributed by atoms with Crippen molar-refractivity contribution in [3.63, 3.8) is 0 Å². The molecule has 0 saturated heterocycles. The van der Waals surface area contributed by atoms with Gasteiger partial charge in [0, 0.05) is 18.0 Å². The molecule has 0 atom stereocenters. The predicted octanol–water partition coefficient (Wildman–Crippen LogP) is 3.54. The Morgan fingerprint density at radius 1 is 0.818 bits per heavy atom. The molecule has 0 bridgehead atoms. The lowest BCUT2D eigenvalue weighted by Crippen LogP contribution is -2.02. The number of pyridine rings is 3. The molecule has 4 heteroatoms. The van der Waals surface area contributed by atoms with Gasteiger partial charge in [0.25, 0.3) is 0 Å². The molecule has 1 aliphatic heterocycles. The summed E-state index contributed by atoms with van der Waals surface area (Å²) in [5.41, 5.74) is 7.08. The maximum atomic E-state index is 5.66. The maximum absolute atomic E-state index is 5.66. The lowest BCUT2D eigenvalue weighted by molar-refractivity contribution is 0.134. The number of fused-ring (bicyclic) bond motifs is 1. The molecule has 0 saturated carbocycles. The summed E-state index contributed by atoms with van der Waals surface area (Å²) in [6.45, 7) is 3.31. The monoisotopic (exact) mass is 289 g/mol. The molecule has 108 valence electrons. The average Bonchev–Trinajstić information content (AvgIpc) is 3.07. The minimum absolute atomic E-state index is 0.595. The number of ether oxygens (including phenoxy) is 1. The van der Waals surface area contributed by atoms with Gasteiger partial charge in [0.15, 0.2) is 0 Å². The molecule has 22 heavy (non-hydrogen) atoms. The van der Waals surface area contributed by atoms with Crippen molar-refractivity contribution in [2.24, 2.45) is 0 Å². The van der Waals surface area contributed by atoms with Crippen LogP contribution in [-0.2, 0) is 18.0 Å². The van der Waals surface area contributed by atoms with Crippen LogP contribution < -0.4 is 0 Å². The molecular formula is C18H15N3O. The van der Waals surface area contributed by atoms with Crippen molar-refractivity contribution in [1.29, 1.82) is 0 Å². The summed E-state index contributed by atoms with van der Waals surface area (Å²) in [4.78, 5) is 13.8. The van der Waals surface area contributed by atoms with E-state index in [0.29, 0.717) is 13.2 Å². The van der Waals surface area contributed by atoms with Gasteiger partial charge >= 0.3 is 0 Å². The Balaban J connectivity index is 1.98. The molecule has 1 aliphatic rings. The minimum Gasteiger partial charge on any atom is -0.372 e. The van der Waals surface area contributed by atoms with Gasteiger partial charge < -0.3 is 4.74 Å². The van der Waals surface area contributed by atoms with Crippen LogP contribution in [0.2, 0.25) is 0 Å². The fourth-order valence-corrected chi connectivity index (χ4v) is 2.85. The van der Waals surface area contributed by atoms with E-state index in [2.05, 4.69) is 16.9 Å². The van der Waals surface area contributed by atoms with E-state index in [0.717, 1.165) is 33.9 Å². The van der Waals surface area contributed by atoms with Gasteiger partial charge in [0.1, 0.15) is 0 Å². The van der Waals surface area contributed by atoms with Crippen molar-refractivity contribution in [1.82, 2.24) is 15.0 Å². The summed E-state index contributed by atoms with van der Waals surface area (Å²) < 4.78 is 5.66. The Labute approximate surface area is 128 Å². The predicted molar refractivity (Wildman–Crippen MR) is 83.9 cm³/mol. The summed E-state index contributed by atoms with van der Waals surface area (Å²) in [5.74, 6) is 0. The first-order valence-electron chi connectivity index (χ1n) is 7.27.